The van der Waals surface area contributed by atoms with Crippen molar-refractivity contribution in [3.05, 3.63) is 89.7 Å². The predicted molar refractivity (Wildman–Crippen MR) is 103 cm³/mol. The summed E-state index contributed by atoms with van der Waals surface area (Å²) in [6.07, 6.45) is 1.46. The van der Waals surface area contributed by atoms with Crippen molar-refractivity contribution in [2.45, 2.75) is 0 Å². The van der Waals surface area contributed by atoms with Gasteiger partial charge in [-0.25, -0.2) is 14.8 Å². The molecule has 0 aliphatic rings. The van der Waals surface area contributed by atoms with E-state index in [1.54, 1.807) is 30.3 Å². The van der Waals surface area contributed by atoms with Crippen LogP contribution in [0.4, 0.5) is 4.39 Å². The van der Waals surface area contributed by atoms with E-state index in [0.29, 0.717) is 11.1 Å². The molecule has 1 amide bonds. The first-order valence-corrected chi connectivity index (χ1v) is 8.33. The minimum atomic E-state index is -0.342. The largest absolute Gasteiger partial charge is 0.338 e. The average Bonchev–Trinajstić information content (AvgIpc) is 3.13. The lowest BCUT2D eigenvalue weighted by Crippen LogP contribution is -2.17. The van der Waals surface area contributed by atoms with Crippen LogP contribution in [0.15, 0.2) is 77.9 Å². The lowest BCUT2D eigenvalue weighted by molar-refractivity contribution is 0.0955. The SMILES string of the molecule is O=C(N/N=C/c1ccc(F)cc1)c1ccc2nc(-c3ccccc3)[nH]c2c1. The second-order valence-corrected chi connectivity index (χ2v) is 5.93. The smallest absolute Gasteiger partial charge is 0.271 e. The first kappa shape index (κ1) is 16.7. The lowest BCUT2D eigenvalue weighted by atomic mass is 10.2. The maximum absolute atomic E-state index is 12.9. The van der Waals surface area contributed by atoms with Crippen LogP contribution >= 0.6 is 0 Å². The number of rotatable bonds is 4. The van der Waals surface area contributed by atoms with E-state index in [0.717, 1.165) is 22.4 Å². The number of carbonyl (C=O) groups is 1. The number of carbonyl (C=O) groups excluding carboxylic acids is 1. The normalized spacial score (nSPS) is 11.1. The van der Waals surface area contributed by atoms with Gasteiger partial charge in [-0.2, -0.15) is 5.10 Å². The molecule has 4 rings (SSSR count). The van der Waals surface area contributed by atoms with Crippen LogP contribution in [-0.2, 0) is 0 Å². The van der Waals surface area contributed by atoms with E-state index in [4.69, 9.17) is 0 Å². The molecule has 4 aromatic rings. The van der Waals surface area contributed by atoms with E-state index < -0.39 is 0 Å². The van der Waals surface area contributed by atoms with E-state index in [9.17, 15) is 9.18 Å². The Hall–Kier alpha value is -3.80. The summed E-state index contributed by atoms with van der Waals surface area (Å²) >= 11 is 0. The predicted octanol–water partition coefficient (Wildman–Crippen LogP) is 4.13. The number of nitrogens with zero attached hydrogens (tertiary/aromatic N) is 2. The number of halogens is 1. The fourth-order valence-electron chi connectivity index (χ4n) is 2.66. The van der Waals surface area contributed by atoms with Gasteiger partial charge < -0.3 is 4.98 Å². The molecule has 0 saturated heterocycles. The number of hydrogen-bond acceptors (Lipinski definition) is 3. The fraction of sp³-hybridized carbons (Fsp3) is 0. The molecular formula is C21H15FN4O. The lowest BCUT2D eigenvalue weighted by Gasteiger charge is -2.00. The Labute approximate surface area is 154 Å². The van der Waals surface area contributed by atoms with Gasteiger partial charge in [-0.05, 0) is 35.9 Å². The van der Waals surface area contributed by atoms with Crippen LogP contribution in [0.5, 0.6) is 0 Å². The van der Waals surface area contributed by atoms with Crippen LogP contribution in [-0.4, -0.2) is 22.1 Å². The molecule has 0 unspecified atom stereocenters. The summed E-state index contributed by atoms with van der Waals surface area (Å²) in [5.74, 6) is 0.0857. The van der Waals surface area contributed by atoms with Crippen molar-refractivity contribution in [2.75, 3.05) is 0 Å². The number of imidazole rings is 1. The number of hydrogen-bond donors (Lipinski definition) is 2. The van der Waals surface area contributed by atoms with Crippen LogP contribution in [0.1, 0.15) is 15.9 Å². The van der Waals surface area contributed by atoms with E-state index in [-0.39, 0.29) is 11.7 Å². The van der Waals surface area contributed by atoms with Crippen molar-refractivity contribution >= 4 is 23.2 Å². The number of aromatic nitrogens is 2. The zero-order valence-electron chi connectivity index (χ0n) is 14.2. The zero-order valence-corrected chi connectivity index (χ0v) is 14.2. The van der Waals surface area contributed by atoms with Gasteiger partial charge in [0.15, 0.2) is 0 Å². The van der Waals surface area contributed by atoms with Gasteiger partial charge in [0.1, 0.15) is 11.6 Å². The van der Waals surface area contributed by atoms with Gasteiger partial charge in [0.25, 0.3) is 5.91 Å². The highest BCUT2D eigenvalue weighted by Crippen LogP contribution is 2.21. The van der Waals surface area contributed by atoms with Gasteiger partial charge in [0, 0.05) is 11.1 Å². The summed E-state index contributed by atoms with van der Waals surface area (Å²) in [4.78, 5) is 20.1. The number of amides is 1. The Morgan fingerprint density at radius 3 is 2.59 bits per heavy atom. The summed E-state index contributed by atoms with van der Waals surface area (Å²) < 4.78 is 12.9. The Bertz CT molecular complexity index is 1120. The van der Waals surface area contributed by atoms with Gasteiger partial charge in [-0.15, -0.1) is 0 Å². The number of fused-ring (bicyclic) bond motifs is 1. The molecule has 0 spiro atoms. The summed E-state index contributed by atoms with van der Waals surface area (Å²) in [5, 5.41) is 3.91. The molecule has 0 fully saturated rings. The van der Waals surface area contributed by atoms with Crippen LogP contribution < -0.4 is 5.43 Å². The van der Waals surface area contributed by atoms with Crippen molar-refractivity contribution < 1.29 is 9.18 Å². The highest BCUT2D eigenvalue weighted by molar-refractivity contribution is 5.98. The van der Waals surface area contributed by atoms with E-state index >= 15 is 0 Å². The third kappa shape index (κ3) is 3.74. The minimum absolute atomic E-state index is 0.320. The van der Waals surface area contributed by atoms with Crippen molar-refractivity contribution in [3.8, 4) is 11.4 Å². The van der Waals surface area contributed by atoms with Crippen LogP contribution in [0.2, 0.25) is 0 Å². The van der Waals surface area contributed by atoms with Gasteiger partial charge >= 0.3 is 0 Å². The Balaban J connectivity index is 1.51. The molecule has 0 bridgehead atoms. The van der Waals surface area contributed by atoms with Crippen molar-refractivity contribution in [1.29, 1.82) is 0 Å². The number of aromatic amines is 1. The molecule has 27 heavy (non-hydrogen) atoms. The number of nitrogens with one attached hydrogen (secondary N) is 2. The molecule has 3 aromatic carbocycles. The van der Waals surface area contributed by atoms with Crippen LogP contribution in [0.3, 0.4) is 0 Å². The molecule has 0 atom stereocenters. The molecular weight excluding hydrogens is 343 g/mol. The Kier molecular flexibility index (Phi) is 4.45. The molecule has 6 heteroatoms. The molecule has 0 radical (unpaired) electrons. The maximum Gasteiger partial charge on any atom is 0.271 e. The first-order chi connectivity index (χ1) is 13.2. The summed E-state index contributed by atoms with van der Waals surface area (Å²) in [5.41, 5.74) is 6.14. The maximum atomic E-state index is 12.9. The second kappa shape index (κ2) is 7.21. The highest BCUT2D eigenvalue weighted by atomic mass is 19.1. The second-order valence-electron chi connectivity index (χ2n) is 5.93. The van der Waals surface area contributed by atoms with E-state index in [2.05, 4.69) is 20.5 Å². The Morgan fingerprint density at radius 2 is 1.81 bits per heavy atom. The molecule has 1 aromatic heterocycles. The monoisotopic (exact) mass is 358 g/mol. The van der Waals surface area contributed by atoms with Crippen LogP contribution in [0.25, 0.3) is 22.4 Å². The number of hydrazone groups is 1. The van der Waals surface area contributed by atoms with Crippen molar-refractivity contribution in [1.82, 2.24) is 15.4 Å². The number of H-pyrrole nitrogens is 1. The first-order valence-electron chi connectivity index (χ1n) is 8.33. The topological polar surface area (TPSA) is 70.1 Å². The molecule has 132 valence electrons. The summed E-state index contributed by atoms with van der Waals surface area (Å²) in [6, 6.07) is 20.8. The van der Waals surface area contributed by atoms with E-state index in [1.165, 1.54) is 18.3 Å². The van der Waals surface area contributed by atoms with Gasteiger partial charge in [0.05, 0.1) is 17.2 Å². The molecule has 5 nitrogen and oxygen atoms in total. The van der Waals surface area contributed by atoms with Gasteiger partial charge in [-0.1, -0.05) is 42.5 Å². The molecule has 0 saturated carbocycles. The average molecular weight is 358 g/mol. The van der Waals surface area contributed by atoms with Gasteiger partial charge in [-0.3, -0.25) is 4.79 Å². The quantitative estimate of drug-likeness (QED) is 0.425. The summed E-state index contributed by atoms with van der Waals surface area (Å²) in [6.45, 7) is 0. The van der Waals surface area contributed by atoms with Gasteiger partial charge in [0.2, 0.25) is 0 Å². The molecule has 2 N–H and O–H groups in total. The zero-order chi connectivity index (χ0) is 18.6. The van der Waals surface area contributed by atoms with Crippen molar-refractivity contribution in [3.63, 3.8) is 0 Å². The third-order valence-corrected chi connectivity index (χ3v) is 4.04. The number of benzene rings is 3. The minimum Gasteiger partial charge on any atom is -0.338 e. The molecule has 0 aliphatic heterocycles. The molecule has 1 heterocycles. The van der Waals surface area contributed by atoms with Crippen molar-refractivity contribution in [2.24, 2.45) is 5.10 Å². The fourth-order valence-corrected chi connectivity index (χ4v) is 2.66. The molecule has 0 aliphatic carbocycles. The Morgan fingerprint density at radius 1 is 1.04 bits per heavy atom. The summed E-state index contributed by atoms with van der Waals surface area (Å²) in [7, 11) is 0. The van der Waals surface area contributed by atoms with E-state index in [1.807, 2.05) is 30.3 Å². The highest BCUT2D eigenvalue weighted by Gasteiger charge is 2.09. The van der Waals surface area contributed by atoms with Crippen LogP contribution in [0, 0.1) is 5.82 Å². The third-order valence-electron chi connectivity index (χ3n) is 4.04. The standard InChI is InChI=1S/C21H15FN4O/c22-17-9-6-14(7-10-17)13-23-26-21(27)16-8-11-18-19(12-16)25-20(24-18)15-4-2-1-3-5-15/h1-13H,(H,24,25)(H,26,27)/b23-13+.